The van der Waals surface area contributed by atoms with E-state index in [4.69, 9.17) is 4.74 Å². The van der Waals surface area contributed by atoms with E-state index in [1.54, 1.807) is 23.1 Å². The summed E-state index contributed by atoms with van der Waals surface area (Å²) in [7, 11) is 1.54. The molecular formula is C22H24FN3O3S. The van der Waals surface area contributed by atoms with Gasteiger partial charge in [-0.1, -0.05) is 30.0 Å². The van der Waals surface area contributed by atoms with E-state index in [0.29, 0.717) is 29.4 Å². The van der Waals surface area contributed by atoms with Gasteiger partial charge in [-0.05, 0) is 49.2 Å². The minimum absolute atomic E-state index is 0.0680. The van der Waals surface area contributed by atoms with Gasteiger partial charge in [-0.3, -0.25) is 14.5 Å². The van der Waals surface area contributed by atoms with Gasteiger partial charge < -0.3 is 10.1 Å². The van der Waals surface area contributed by atoms with Gasteiger partial charge in [0.25, 0.3) is 0 Å². The quantitative estimate of drug-likeness (QED) is 0.697. The summed E-state index contributed by atoms with van der Waals surface area (Å²) in [5.74, 6) is 0.0380. The number of amides is 2. The first-order valence-corrected chi connectivity index (χ1v) is 10.6. The Kier molecular flexibility index (Phi) is 7.46. The van der Waals surface area contributed by atoms with Crippen LogP contribution in [0.1, 0.15) is 18.9 Å². The molecule has 1 unspecified atom stereocenters. The average molecular weight is 430 g/mol. The van der Waals surface area contributed by atoms with E-state index >= 15 is 0 Å². The lowest BCUT2D eigenvalue weighted by Gasteiger charge is -2.17. The molecule has 1 heterocycles. The molecule has 30 heavy (non-hydrogen) atoms. The van der Waals surface area contributed by atoms with Gasteiger partial charge in [0.2, 0.25) is 11.8 Å². The number of hydrogen-bond acceptors (Lipinski definition) is 5. The highest BCUT2D eigenvalue weighted by Gasteiger charge is 2.38. The highest BCUT2D eigenvalue weighted by atomic mass is 32.2. The summed E-state index contributed by atoms with van der Waals surface area (Å²) in [4.78, 5) is 30.9. The topological polar surface area (TPSA) is 71.0 Å². The van der Waals surface area contributed by atoms with E-state index in [1.165, 1.54) is 24.9 Å². The molecular weight excluding hydrogens is 405 g/mol. The molecule has 1 N–H and O–H groups in total. The Hall–Kier alpha value is -2.87. The summed E-state index contributed by atoms with van der Waals surface area (Å²) in [6.45, 7) is 2.77. The zero-order chi connectivity index (χ0) is 21.5. The van der Waals surface area contributed by atoms with Crippen molar-refractivity contribution < 1.29 is 18.7 Å². The lowest BCUT2D eigenvalue weighted by molar-refractivity contribution is -0.129. The van der Waals surface area contributed by atoms with E-state index in [-0.39, 0.29) is 30.6 Å². The maximum Gasteiger partial charge on any atom is 0.242 e. The Balaban J connectivity index is 1.81. The highest BCUT2D eigenvalue weighted by molar-refractivity contribution is 8.15. The maximum absolute atomic E-state index is 14.0. The minimum Gasteiger partial charge on any atom is -0.494 e. The van der Waals surface area contributed by atoms with Crippen LogP contribution >= 0.6 is 11.8 Å². The fraction of sp³-hybridized carbons (Fsp3) is 0.318. The number of amidine groups is 1. The van der Waals surface area contributed by atoms with Crippen LogP contribution in [0.5, 0.6) is 5.75 Å². The van der Waals surface area contributed by atoms with Gasteiger partial charge in [-0.2, -0.15) is 0 Å². The van der Waals surface area contributed by atoms with Gasteiger partial charge in [0.05, 0.1) is 12.3 Å². The Morgan fingerprint density at radius 3 is 2.63 bits per heavy atom. The average Bonchev–Trinajstić information content (AvgIpc) is 3.03. The first-order chi connectivity index (χ1) is 14.5. The van der Waals surface area contributed by atoms with Gasteiger partial charge in [-0.15, -0.1) is 0 Å². The minimum atomic E-state index is -0.549. The van der Waals surface area contributed by atoms with Crippen molar-refractivity contribution in [2.24, 2.45) is 4.99 Å². The summed E-state index contributed by atoms with van der Waals surface area (Å²) in [5.41, 5.74) is 1.20. The summed E-state index contributed by atoms with van der Waals surface area (Å²) < 4.78 is 19.4. The number of rotatable bonds is 8. The molecule has 1 atom stereocenters. The summed E-state index contributed by atoms with van der Waals surface area (Å²) >= 11 is 1.26. The Morgan fingerprint density at radius 2 is 1.97 bits per heavy atom. The number of nitrogens with one attached hydrogen (secondary N) is 1. The molecule has 0 spiro atoms. The SMILES string of the molecule is CCOc1ccc(N=C2SC(CC(=O)NC)C(=O)N2CCc2ccccc2F)cc1. The number of carbonyl (C=O) groups is 2. The van der Waals surface area contributed by atoms with E-state index in [9.17, 15) is 14.0 Å². The molecule has 158 valence electrons. The van der Waals surface area contributed by atoms with Crippen LogP contribution in [0, 0.1) is 5.82 Å². The molecule has 0 aromatic heterocycles. The number of halogens is 1. The van der Waals surface area contributed by atoms with Gasteiger partial charge in [0.15, 0.2) is 5.17 Å². The molecule has 1 saturated heterocycles. The van der Waals surface area contributed by atoms with Crippen molar-refractivity contribution in [1.82, 2.24) is 10.2 Å². The third-order valence-corrected chi connectivity index (χ3v) is 5.78. The number of aliphatic imine (C=N–C) groups is 1. The van der Waals surface area contributed by atoms with Crippen LogP contribution in [0.2, 0.25) is 0 Å². The molecule has 0 bridgehead atoms. The van der Waals surface area contributed by atoms with Crippen LogP contribution in [0.15, 0.2) is 53.5 Å². The second-order valence-electron chi connectivity index (χ2n) is 6.64. The van der Waals surface area contributed by atoms with Crippen LogP contribution in [0.25, 0.3) is 0 Å². The smallest absolute Gasteiger partial charge is 0.242 e. The molecule has 0 aliphatic carbocycles. The Labute approximate surface area is 179 Å². The van der Waals surface area contributed by atoms with Crippen molar-refractivity contribution in [3.8, 4) is 5.75 Å². The van der Waals surface area contributed by atoms with E-state index in [0.717, 1.165) is 5.75 Å². The number of thioether (sulfide) groups is 1. The summed E-state index contributed by atoms with van der Waals surface area (Å²) in [6.07, 6.45) is 0.423. The normalized spacial score (nSPS) is 17.4. The van der Waals surface area contributed by atoms with Crippen molar-refractivity contribution >= 4 is 34.4 Å². The second-order valence-corrected chi connectivity index (χ2v) is 7.81. The lowest BCUT2D eigenvalue weighted by atomic mass is 10.1. The van der Waals surface area contributed by atoms with Gasteiger partial charge in [0, 0.05) is 20.0 Å². The third-order valence-electron chi connectivity index (χ3n) is 4.60. The summed E-state index contributed by atoms with van der Waals surface area (Å²) in [5, 5.41) is 2.51. The molecule has 2 amide bonds. The maximum atomic E-state index is 14.0. The van der Waals surface area contributed by atoms with Crippen molar-refractivity contribution in [2.75, 3.05) is 20.2 Å². The number of ether oxygens (including phenoxy) is 1. The molecule has 1 aliphatic rings. The monoisotopic (exact) mass is 429 g/mol. The van der Waals surface area contributed by atoms with Gasteiger partial charge >= 0.3 is 0 Å². The van der Waals surface area contributed by atoms with Crippen LogP contribution in [0.4, 0.5) is 10.1 Å². The van der Waals surface area contributed by atoms with Crippen LogP contribution in [0.3, 0.4) is 0 Å². The van der Waals surface area contributed by atoms with E-state index in [1.807, 2.05) is 31.2 Å². The molecule has 3 rings (SSSR count). The first-order valence-electron chi connectivity index (χ1n) is 9.75. The first kappa shape index (κ1) is 21.8. The van der Waals surface area contributed by atoms with Crippen molar-refractivity contribution in [1.29, 1.82) is 0 Å². The lowest BCUT2D eigenvalue weighted by Crippen LogP contribution is -2.35. The number of nitrogens with zero attached hydrogens (tertiary/aromatic N) is 2. The van der Waals surface area contributed by atoms with Crippen molar-refractivity contribution in [3.05, 3.63) is 59.9 Å². The van der Waals surface area contributed by atoms with Crippen molar-refractivity contribution in [3.63, 3.8) is 0 Å². The fourth-order valence-corrected chi connectivity index (χ4v) is 4.21. The second kappa shape index (κ2) is 10.2. The fourth-order valence-electron chi connectivity index (χ4n) is 3.03. The number of benzene rings is 2. The van der Waals surface area contributed by atoms with Gasteiger partial charge in [0.1, 0.15) is 16.8 Å². The van der Waals surface area contributed by atoms with Crippen LogP contribution in [-0.2, 0) is 16.0 Å². The largest absolute Gasteiger partial charge is 0.494 e. The highest BCUT2D eigenvalue weighted by Crippen LogP contribution is 2.32. The molecule has 1 aliphatic heterocycles. The summed E-state index contributed by atoms with van der Waals surface area (Å²) in [6, 6.07) is 13.8. The van der Waals surface area contributed by atoms with E-state index < -0.39 is 5.25 Å². The van der Waals surface area contributed by atoms with Crippen LogP contribution < -0.4 is 10.1 Å². The zero-order valence-corrected chi connectivity index (χ0v) is 17.7. The Morgan fingerprint density at radius 1 is 1.23 bits per heavy atom. The van der Waals surface area contributed by atoms with Gasteiger partial charge in [-0.25, -0.2) is 9.38 Å². The molecule has 6 nitrogen and oxygen atoms in total. The number of carbonyl (C=O) groups excluding carboxylic acids is 2. The third kappa shape index (κ3) is 5.38. The molecule has 2 aromatic rings. The molecule has 1 fully saturated rings. The predicted octanol–water partition coefficient (Wildman–Crippen LogP) is 3.53. The van der Waals surface area contributed by atoms with E-state index in [2.05, 4.69) is 10.3 Å². The Bertz CT molecular complexity index is 933. The predicted molar refractivity (Wildman–Crippen MR) is 117 cm³/mol. The number of hydrogen-bond donors (Lipinski definition) is 1. The molecule has 2 aromatic carbocycles. The van der Waals surface area contributed by atoms with Crippen molar-refractivity contribution in [2.45, 2.75) is 25.0 Å². The standard InChI is InChI=1S/C22H24FN3O3S/c1-3-29-17-10-8-16(9-11-17)25-22-26(13-12-15-6-4-5-7-18(15)23)21(28)19(30-22)14-20(27)24-2/h4-11,19H,3,12-14H2,1-2H3,(H,24,27). The molecule has 0 saturated carbocycles. The molecule has 8 heteroatoms. The van der Waals surface area contributed by atoms with Crippen LogP contribution in [-0.4, -0.2) is 47.3 Å². The molecule has 0 radical (unpaired) electrons. The zero-order valence-electron chi connectivity index (χ0n) is 16.9.